The maximum atomic E-state index is 13.4. The average Bonchev–Trinajstić information content (AvgIpc) is 3.28. The molecule has 2 heterocycles. The van der Waals surface area contributed by atoms with Gasteiger partial charge in [0.1, 0.15) is 0 Å². The Bertz CT molecular complexity index is 831. The van der Waals surface area contributed by atoms with Crippen molar-refractivity contribution in [2.75, 3.05) is 33.2 Å². The lowest BCUT2D eigenvalue weighted by Gasteiger charge is -2.39. The second kappa shape index (κ2) is 10.7. The Labute approximate surface area is 184 Å². The van der Waals surface area contributed by atoms with Gasteiger partial charge < -0.3 is 15.1 Å². The lowest BCUT2D eigenvalue weighted by molar-refractivity contribution is -0.124. The Morgan fingerprint density at radius 3 is 2.50 bits per heavy atom. The van der Waals surface area contributed by atoms with Crippen LogP contribution in [0.5, 0.6) is 0 Å². The summed E-state index contributed by atoms with van der Waals surface area (Å²) in [7, 11) is 1.80. The van der Waals surface area contributed by atoms with Crippen LogP contribution in [0.2, 0.25) is 0 Å². The normalized spacial score (nSPS) is 18.5. The predicted molar refractivity (Wildman–Crippen MR) is 123 cm³/mol. The number of nitrogens with zero attached hydrogens (tertiary/aromatic N) is 2. The molecule has 0 radical (unpaired) electrons. The predicted octanol–water partition coefficient (Wildman–Crippen LogP) is 4.29. The monoisotopic (exact) mass is 427 g/mol. The maximum absolute atomic E-state index is 13.4. The first-order valence-electron chi connectivity index (χ1n) is 11.0. The van der Waals surface area contributed by atoms with E-state index in [0.29, 0.717) is 12.1 Å². The summed E-state index contributed by atoms with van der Waals surface area (Å²) in [6.45, 7) is 8.25. The van der Waals surface area contributed by atoms with Crippen LogP contribution < -0.4 is 5.32 Å². The number of fused-ring (bicyclic) bond motifs is 1. The molecule has 1 aromatic heterocycles. The number of nitrogens with one attached hydrogen (secondary N) is 1. The largest absolute Gasteiger partial charge is 0.355 e. The zero-order chi connectivity index (χ0) is 21.5. The molecule has 1 N–H and O–H groups in total. The van der Waals surface area contributed by atoms with Crippen LogP contribution >= 0.6 is 11.3 Å². The molecular weight excluding hydrogens is 394 g/mol. The first-order valence-corrected chi connectivity index (χ1v) is 11.9. The van der Waals surface area contributed by atoms with E-state index in [4.69, 9.17) is 0 Å². The molecule has 2 aromatic rings. The summed E-state index contributed by atoms with van der Waals surface area (Å²) >= 11 is 1.59. The molecule has 1 aliphatic heterocycles. The SMILES string of the molecule is CCCN(CCC)CCCNC(=O)[C@H]1c2ccccc2C(=O)N(C)[C@H]1c1cccs1. The van der Waals surface area contributed by atoms with Crippen LogP contribution in [0.25, 0.3) is 0 Å². The molecule has 6 heteroatoms. The number of hydrogen-bond acceptors (Lipinski definition) is 4. The molecule has 0 aliphatic carbocycles. The highest BCUT2D eigenvalue weighted by Gasteiger charge is 2.42. The van der Waals surface area contributed by atoms with E-state index >= 15 is 0 Å². The van der Waals surface area contributed by atoms with Crippen LogP contribution in [0, 0.1) is 0 Å². The van der Waals surface area contributed by atoms with E-state index in [0.717, 1.165) is 49.3 Å². The van der Waals surface area contributed by atoms with Crippen molar-refractivity contribution < 1.29 is 9.59 Å². The quantitative estimate of drug-likeness (QED) is 0.576. The van der Waals surface area contributed by atoms with Crippen LogP contribution in [0.15, 0.2) is 41.8 Å². The summed E-state index contributed by atoms with van der Waals surface area (Å²) in [5, 5.41) is 5.16. The molecule has 1 aliphatic rings. The van der Waals surface area contributed by atoms with Gasteiger partial charge in [-0.25, -0.2) is 0 Å². The van der Waals surface area contributed by atoms with Crippen LogP contribution in [0.4, 0.5) is 0 Å². The molecule has 0 fully saturated rings. The number of hydrogen-bond donors (Lipinski definition) is 1. The Hall–Kier alpha value is -2.18. The summed E-state index contributed by atoms with van der Waals surface area (Å²) in [6, 6.07) is 11.2. The van der Waals surface area contributed by atoms with Crippen molar-refractivity contribution in [2.24, 2.45) is 0 Å². The third-order valence-electron chi connectivity index (χ3n) is 5.73. The van der Waals surface area contributed by atoms with Crippen LogP contribution in [0.3, 0.4) is 0 Å². The second-order valence-corrected chi connectivity index (χ2v) is 8.91. The highest BCUT2D eigenvalue weighted by atomic mass is 32.1. The van der Waals surface area contributed by atoms with Gasteiger partial charge in [-0.05, 0) is 62.0 Å². The van der Waals surface area contributed by atoms with Crippen molar-refractivity contribution in [3.05, 3.63) is 57.8 Å². The Morgan fingerprint density at radius 1 is 1.10 bits per heavy atom. The van der Waals surface area contributed by atoms with Gasteiger partial charge in [-0.2, -0.15) is 0 Å². The summed E-state index contributed by atoms with van der Waals surface area (Å²) in [5.41, 5.74) is 1.46. The highest BCUT2D eigenvalue weighted by molar-refractivity contribution is 7.10. The molecule has 3 rings (SSSR count). The van der Waals surface area contributed by atoms with Crippen molar-refractivity contribution in [3.8, 4) is 0 Å². The van der Waals surface area contributed by atoms with E-state index in [1.807, 2.05) is 41.8 Å². The van der Waals surface area contributed by atoms with Crippen molar-refractivity contribution in [1.29, 1.82) is 0 Å². The minimum absolute atomic E-state index is 0.00210. The third-order valence-corrected chi connectivity index (χ3v) is 6.67. The molecule has 0 spiro atoms. The Morgan fingerprint density at radius 2 is 1.83 bits per heavy atom. The summed E-state index contributed by atoms with van der Waals surface area (Å²) in [6.07, 6.45) is 3.22. The molecule has 2 atom stereocenters. The van der Waals surface area contributed by atoms with Gasteiger partial charge in [0, 0.05) is 24.0 Å². The van der Waals surface area contributed by atoms with Gasteiger partial charge in [0.25, 0.3) is 5.91 Å². The highest BCUT2D eigenvalue weighted by Crippen LogP contribution is 2.43. The second-order valence-electron chi connectivity index (χ2n) is 7.93. The topological polar surface area (TPSA) is 52.7 Å². The summed E-state index contributed by atoms with van der Waals surface area (Å²) in [5.74, 6) is -0.425. The minimum Gasteiger partial charge on any atom is -0.355 e. The molecule has 0 saturated carbocycles. The molecular formula is C24H33N3O2S. The van der Waals surface area contributed by atoms with E-state index in [2.05, 4.69) is 24.1 Å². The van der Waals surface area contributed by atoms with Gasteiger partial charge in [-0.15, -0.1) is 11.3 Å². The fraction of sp³-hybridized carbons (Fsp3) is 0.500. The van der Waals surface area contributed by atoms with E-state index < -0.39 is 5.92 Å². The number of amides is 2. The lowest BCUT2D eigenvalue weighted by Crippen LogP contribution is -2.45. The molecule has 0 bridgehead atoms. The van der Waals surface area contributed by atoms with Gasteiger partial charge >= 0.3 is 0 Å². The number of likely N-dealkylation sites (N-methyl/N-ethyl adjacent to an activating group) is 1. The molecule has 5 nitrogen and oxygen atoms in total. The molecule has 30 heavy (non-hydrogen) atoms. The molecule has 162 valence electrons. The van der Waals surface area contributed by atoms with Crippen molar-refractivity contribution in [1.82, 2.24) is 15.1 Å². The number of carbonyl (C=O) groups is 2. The number of rotatable bonds is 10. The van der Waals surface area contributed by atoms with Crippen LogP contribution in [-0.4, -0.2) is 54.8 Å². The fourth-order valence-electron chi connectivity index (χ4n) is 4.36. The number of thiophene rings is 1. The van der Waals surface area contributed by atoms with E-state index in [1.54, 1.807) is 23.3 Å². The Kier molecular flexibility index (Phi) is 8.05. The van der Waals surface area contributed by atoms with Crippen LogP contribution in [0.1, 0.15) is 65.9 Å². The maximum Gasteiger partial charge on any atom is 0.254 e. The van der Waals surface area contributed by atoms with Crippen molar-refractivity contribution in [2.45, 2.75) is 45.1 Å². The third kappa shape index (κ3) is 4.93. The minimum atomic E-state index is -0.398. The van der Waals surface area contributed by atoms with Crippen molar-refractivity contribution in [3.63, 3.8) is 0 Å². The summed E-state index contributed by atoms with van der Waals surface area (Å²) in [4.78, 5) is 31.5. The van der Waals surface area contributed by atoms with E-state index in [1.165, 1.54) is 0 Å². The first-order chi connectivity index (χ1) is 14.6. The molecule has 2 amide bonds. The first kappa shape index (κ1) is 22.5. The standard InChI is InChI=1S/C24H33N3O2S/c1-4-14-27(15-5-2)16-9-13-25-23(28)21-18-10-6-7-11-19(18)24(29)26(3)22(21)20-12-8-17-30-20/h6-8,10-12,17,21-22H,4-5,9,13-16H2,1-3H3,(H,25,28)/t21-,22-/m0/s1. The fourth-order valence-corrected chi connectivity index (χ4v) is 5.27. The van der Waals surface area contributed by atoms with Gasteiger partial charge in [-0.3, -0.25) is 9.59 Å². The lowest BCUT2D eigenvalue weighted by atomic mass is 9.81. The van der Waals surface area contributed by atoms with Crippen LogP contribution in [-0.2, 0) is 4.79 Å². The van der Waals surface area contributed by atoms with E-state index in [-0.39, 0.29) is 17.9 Å². The zero-order valence-electron chi connectivity index (χ0n) is 18.3. The summed E-state index contributed by atoms with van der Waals surface area (Å²) < 4.78 is 0. The van der Waals surface area contributed by atoms with Gasteiger partial charge in [-0.1, -0.05) is 38.1 Å². The number of benzene rings is 1. The average molecular weight is 428 g/mol. The zero-order valence-corrected chi connectivity index (χ0v) is 19.1. The molecule has 0 saturated heterocycles. The number of carbonyl (C=O) groups excluding carboxylic acids is 2. The Balaban J connectivity index is 1.74. The van der Waals surface area contributed by atoms with Gasteiger partial charge in [0.15, 0.2) is 0 Å². The van der Waals surface area contributed by atoms with E-state index in [9.17, 15) is 9.59 Å². The van der Waals surface area contributed by atoms with Crippen molar-refractivity contribution >= 4 is 23.2 Å². The molecule has 0 unspecified atom stereocenters. The smallest absolute Gasteiger partial charge is 0.254 e. The van der Waals surface area contributed by atoms with Gasteiger partial charge in [0.2, 0.25) is 5.91 Å². The molecule has 1 aromatic carbocycles. The van der Waals surface area contributed by atoms with Gasteiger partial charge in [0.05, 0.1) is 12.0 Å².